The lowest BCUT2D eigenvalue weighted by Gasteiger charge is -2.19. The van der Waals surface area contributed by atoms with Gasteiger partial charge in [-0.05, 0) is 30.3 Å². The van der Waals surface area contributed by atoms with Crippen molar-refractivity contribution in [1.29, 1.82) is 0 Å². The third-order valence-corrected chi connectivity index (χ3v) is 4.52. The molecule has 0 atom stereocenters. The molecule has 0 unspecified atom stereocenters. The SMILES string of the molecule is CN(Cc1cn[nH]c1-c1ccc(F)cc1)C(=O)c1ccccc1-c1ncc[nH]1. The molecule has 0 saturated heterocycles. The van der Waals surface area contributed by atoms with Gasteiger partial charge < -0.3 is 9.88 Å². The molecular weight excluding hydrogens is 357 g/mol. The number of benzene rings is 2. The van der Waals surface area contributed by atoms with Crippen molar-refractivity contribution in [3.05, 3.63) is 84.1 Å². The van der Waals surface area contributed by atoms with E-state index in [0.717, 1.165) is 22.4 Å². The third kappa shape index (κ3) is 3.42. The molecule has 1 amide bonds. The van der Waals surface area contributed by atoms with Gasteiger partial charge in [0.05, 0.1) is 17.5 Å². The molecule has 0 aliphatic rings. The van der Waals surface area contributed by atoms with E-state index in [2.05, 4.69) is 20.2 Å². The molecule has 2 N–H and O–H groups in total. The van der Waals surface area contributed by atoms with E-state index in [-0.39, 0.29) is 11.7 Å². The molecule has 7 heteroatoms. The molecule has 28 heavy (non-hydrogen) atoms. The van der Waals surface area contributed by atoms with Crippen molar-refractivity contribution in [2.75, 3.05) is 7.05 Å². The summed E-state index contributed by atoms with van der Waals surface area (Å²) >= 11 is 0. The van der Waals surface area contributed by atoms with Gasteiger partial charge in [0.25, 0.3) is 5.91 Å². The maximum Gasteiger partial charge on any atom is 0.254 e. The fourth-order valence-corrected chi connectivity index (χ4v) is 3.12. The van der Waals surface area contributed by atoms with Crippen molar-refractivity contribution in [3.63, 3.8) is 0 Å². The van der Waals surface area contributed by atoms with Crippen molar-refractivity contribution < 1.29 is 9.18 Å². The summed E-state index contributed by atoms with van der Waals surface area (Å²) in [5, 5.41) is 7.03. The van der Waals surface area contributed by atoms with Crippen molar-refractivity contribution in [1.82, 2.24) is 25.1 Å². The number of carbonyl (C=O) groups is 1. The fraction of sp³-hybridized carbons (Fsp3) is 0.0952. The van der Waals surface area contributed by atoms with Gasteiger partial charge in [-0.25, -0.2) is 9.37 Å². The number of carbonyl (C=O) groups excluding carboxylic acids is 1. The second-order valence-corrected chi connectivity index (χ2v) is 6.42. The second-order valence-electron chi connectivity index (χ2n) is 6.42. The van der Waals surface area contributed by atoms with E-state index in [1.165, 1.54) is 12.1 Å². The van der Waals surface area contributed by atoms with Crippen LogP contribution in [0.25, 0.3) is 22.6 Å². The first-order valence-corrected chi connectivity index (χ1v) is 8.76. The number of imidazole rings is 1. The Morgan fingerprint density at radius 3 is 2.68 bits per heavy atom. The Hall–Kier alpha value is -3.74. The molecule has 140 valence electrons. The summed E-state index contributed by atoms with van der Waals surface area (Å²) in [4.78, 5) is 22.0. The number of aromatic nitrogens is 4. The van der Waals surface area contributed by atoms with Gasteiger partial charge >= 0.3 is 0 Å². The predicted octanol–water partition coefficient (Wildman–Crippen LogP) is 3.88. The molecule has 0 aliphatic heterocycles. The van der Waals surface area contributed by atoms with Gasteiger partial charge in [-0.2, -0.15) is 5.10 Å². The number of halogens is 1. The van der Waals surface area contributed by atoms with Gasteiger partial charge in [-0.3, -0.25) is 9.89 Å². The molecule has 2 aromatic carbocycles. The molecule has 0 spiro atoms. The Labute approximate surface area is 161 Å². The molecule has 0 saturated carbocycles. The van der Waals surface area contributed by atoms with E-state index in [1.54, 1.807) is 48.7 Å². The first-order valence-electron chi connectivity index (χ1n) is 8.76. The van der Waals surface area contributed by atoms with Gasteiger partial charge in [0.15, 0.2) is 0 Å². The van der Waals surface area contributed by atoms with Crippen LogP contribution in [0.3, 0.4) is 0 Å². The predicted molar refractivity (Wildman–Crippen MR) is 104 cm³/mol. The van der Waals surface area contributed by atoms with Crippen molar-refractivity contribution >= 4 is 5.91 Å². The first kappa shape index (κ1) is 17.7. The number of H-pyrrole nitrogens is 2. The third-order valence-electron chi connectivity index (χ3n) is 4.52. The van der Waals surface area contributed by atoms with Crippen molar-refractivity contribution in [3.8, 4) is 22.6 Å². The molecule has 2 aromatic heterocycles. The highest BCUT2D eigenvalue weighted by Crippen LogP contribution is 2.25. The molecule has 6 nitrogen and oxygen atoms in total. The van der Waals surface area contributed by atoms with Crippen molar-refractivity contribution in [2.45, 2.75) is 6.54 Å². The van der Waals surface area contributed by atoms with E-state index < -0.39 is 0 Å². The average Bonchev–Trinajstić information content (AvgIpc) is 3.40. The van der Waals surface area contributed by atoms with Gasteiger partial charge in [-0.15, -0.1) is 0 Å². The lowest BCUT2D eigenvalue weighted by atomic mass is 10.0. The summed E-state index contributed by atoms with van der Waals surface area (Å²) in [5.74, 6) is 0.220. The van der Waals surface area contributed by atoms with Crippen LogP contribution in [-0.2, 0) is 6.54 Å². The Morgan fingerprint density at radius 1 is 1.14 bits per heavy atom. The van der Waals surface area contributed by atoms with Crippen LogP contribution in [-0.4, -0.2) is 38.0 Å². The number of aromatic amines is 2. The molecular formula is C21H18FN5O. The van der Waals surface area contributed by atoms with Crippen LogP contribution in [0.1, 0.15) is 15.9 Å². The number of hydrogen-bond acceptors (Lipinski definition) is 3. The van der Waals surface area contributed by atoms with Crippen molar-refractivity contribution in [2.24, 2.45) is 0 Å². The zero-order chi connectivity index (χ0) is 19.5. The van der Waals surface area contributed by atoms with Gasteiger partial charge in [-0.1, -0.05) is 18.2 Å². The van der Waals surface area contributed by atoms with E-state index >= 15 is 0 Å². The quantitative estimate of drug-likeness (QED) is 0.556. The van der Waals surface area contributed by atoms with E-state index in [9.17, 15) is 9.18 Å². The van der Waals surface area contributed by atoms with Gasteiger partial charge in [0.1, 0.15) is 11.6 Å². The van der Waals surface area contributed by atoms with Crippen LogP contribution in [0.2, 0.25) is 0 Å². The van der Waals surface area contributed by atoms with Crippen LogP contribution >= 0.6 is 0 Å². The lowest BCUT2D eigenvalue weighted by molar-refractivity contribution is 0.0786. The highest BCUT2D eigenvalue weighted by Gasteiger charge is 2.19. The minimum Gasteiger partial charge on any atom is -0.345 e. The second kappa shape index (κ2) is 7.48. The fourth-order valence-electron chi connectivity index (χ4n) is 3.12. The highest BCUT2D eigenvalue weighted by atomic mass is 19.1. The molecule has 0 bridgehead atoms. The Bertz CT molecular complexity index is 1090. The summed E-state index contributed by atoms with van der Waals surface area (Å²) in [6.45, 7) is 0.356. The minimum absolute atomic E-state index is 0.127. The summed E-state index contributed by atoms with van der Waals surface area (Å²) in [5.41, 5.74) is 3.73. The van der Waals surface area contributed by atoms with Crippen LogP contribution < -0.4 is 0 Å². The van der Waals surface area contributed by atoms with Gasteiger partial charge in [0, 0.05) is 42.7 Å². The molecule has 2 heterocycles. The maximum absolute atomic E-state index is 13.2. The summed E-state index contributed by atoms with van der Waals surface area (Å²) in [6, 6.07) is 13.5. The normalized spacial score (nSPS) is 10.8. The largest absolute Gasteiger partial charge is 0.345 e. The molecule has 0 radical (unpaired) electrons. The highest BCUT2D eigenvalue weighted by molar-refractivity contribution is 6.00. The number of nitrogens with zero attached hydrogens (tertiary/aromatic N) is 3. The Kier molecular flexibility index (Phi) is 4.72. The van der Waals surface area contributed by atoms with E-state index in [4.69, 9.17) is 0 Å². The van der Waals surface area contributed by atoms with Crippen LogP contribution in [0.15, 0.2) is 67.1 Å². The van der Waals surface area contributed by atoms with E-state index in [1.807, 2.05) is 18.2 Å². The first-order chi connectivity index (χ1) is 13.6. The minimum atomic E-state index is -0.299. The number of nitrogens with one attached hydrogen (secondary N) is 2. The Morgan fingerprint density at radius 2 is 1.93 bits per heavy atom. The number of hydrogen-bond donors (Lipinski definition) is 2. The monoisotopic (exact) mass is 375 g/mol. The number of rotatable bonds is 5. The topological polar surface area (TPSA) is 77.7 Å². The molecule has 0 fully saturated rings. The zero-order valence-electron chi connectivity index (χ0n) is 15.2. The van der Waals surface area contributed by atoms with E-state index in [0.29, 0.717) is 17.9 Å². The molecule has 0 aliphatic carbocycles. The summed E-state index contributed by atoms with van der Waals surface area (Å²) in [6.07, 6.45) is 5.06. The Balaban J connectivity index is 1.59. The smallest absolute Gasteiger partial charge is 0.254 e. The summed E-state index contributed by atoms with van der Waals surface area (Å²) in [7, 11) is 1.74. The average molecular weight is 375 g/mol. The molecule has 4 aromatic rings. The lowest BCUT2D eigenvalue weighted by Crippen LogP contribution is -2.26. The number of amides is 1. The van der Waals surface area contributed by atoms with Crippen LogP contribution in [0.5, 0.6) is 0 Å². The van der Waals surface area contributed by atoms with Gasteiger partial charge in [0.2, 0.25) is 0 Å². The molecule has 4 rings (SSSR count). The zero-order valence-corrected chi connectivity index (χ0v) is 15.2. The van der Waals surface area contributed by atoms with Crippen LogP contribution in [0, 0.1) is 5.82 Å². The summed E-state index contributed by atoms with van der Waals surface area (Å²) < 4.78 is 13.2. The maximum atomic E-state index is 13.2. The standard InChI is InChI=1S/C21H18FN5O/c1-27(13-15-12-25-26-19(15)14-6-8-16(22)9-7-14)21(28)18-5-3-2-4-17(18)20-23-10-11-24-20/h2-12H,13H2,1H3,(H,23,24)(H,25,26). The van der Waals surface area contributed by atoms with Crippen LogP contribution in [0.4, 0.5) is 4.39 Å².